The highest BCUT2D eigenvalue weighted by molar-refractivity contribution is 9.09. The molecule has 0 aromatic heterocycles. The summed E-state index contributed by atoms with van der Waals surface area (Å²) in [6.07, 6.45) is 6.39. The van der Waals surface area contributed by atoms with Crippen LogP contribution in [0.1, 0.15) is 19.8 Å². The van der Waals surface area contributed by atoms with E-state index in [0.29, 0.717) is 0 Å². The van der Waals surface area contributed by atoms with Gasteiger partial charge in [-0.25, -0.2) is 0 Å². The Kier molecular flexibility index (Phi) is 6.06. The predicted octanol–water partition coefficient (Wildman–Crippen LogP) is 3.29. The van der Waals surface area contributed by atoms with Gasteiger partial charge in [-0.1, -0.05) is 33.7 Å². The van der Waals surface area contributed by atoms with Gasteiger partial charge in [0.25, 0.3) is 0 Å². The van der Waals surface area contributed by atoms with Crippen LogP contribution in [0.15, 0.2) is 24.3 Å². The standard InChI is InChI=1S/C8H13Br/c1-3-4-5-6-8(2)7-9/h3,6H,1,4-5,7H2,2H3/b8-6-. The Hall–Kier alpha value is -0.0400. The summed E-state index contributed by atoms with van der Waals surface area (Å²) >= 11 is 3.37. The molecule has 0 fully saturated rings. The summed E-state index contributed by atoms with van der Waals surface area (Å²) in [4.78, 5) is 0. The zero-order valence-corrected chi connectivity index (χ0v) is 7.45. The van der Waals surface area contributed by atoms with Crippen LogP contribution in [0.4, 0.5) is 0 Å². The maximum absolute atomic E-state index is 3.64. The zero-order chi connectivity index (χ0) is 7.11. The van der Waals surface area contributed by atoms with E-state index in [2.05, 4.69) is 35.5 Å². The van der Waals surface area contributed by atoms with Gasteiger partial charge in [-0.15, -0.1) is 6.58 Å². The summed E-state index contributed by atoms with van der Waals surface area (Å²) in [6, 6.07) is 0. The first kappa shape index (κ1) is 8.96. The molecule has 0 saturated heterocycles. The second kappa shape index (κ2) is 6.09. The van der Waals surface area contributed by atoms with Crippen molar-refractivity contribution in [1.29, 1.82) is 0 Å². The van der Waals surface area contributed by atoms with Crippen LogP contribution >= 0.6 is 15.9 Å². The van der Waals surface area contributed by atoms with Crippen molar-refractivity contribution >= 4 is 15.9 Å². The molecule has 0 spiro atoms. The van der Waals surface area contributed by atoms with Gasteiger partial charge in [0.2, 0.25) is 0 Å². The Labute approximate surface area is 65.8 Å². The summed E-state index contributed by atoms with van der Waals surface area (Å²) < 4.78 is 0. The van der Waals surface area contributed by atoms with Crippen LogP contribution in [-0.2, 0) is 0 Å². The molecule has 52 valence electrons. The van der Waals surface area contributed by atoms with Crippen LogP contribution in [0, 0.1) is 0 Å². The van der Waals surface area contributed by atoms with E-state index in [-0.39, 0.29) is 0 Å². The topological polar surface area (TPSA) is 0 Å². The second-order valence-electron chi connectivity index (χ2n) is 2.05. The molecule has 0 unspecified atom stereocenters. The molecule has 0 heterocycles. The minimum Gasteiger partial charge on any atom is -0.103 e. The van der Waals surface area contributed by atoms with Crippen molar-refractivity contribution in [1.82, 2.24) is 0 Å². The molecule has 0 N–H and O–H groups in total. The predicted molar refractivity (Wildman–Crippen MR) is 47.0 cm³/mol. The van der Waals surface area contributed by atoms with E-state index in [4.69, 9.17) is 0 Å². The molecule has 0 aromatic rings. The summed E-state index contributed by atoms with van der Waals surface area (Å²) in [6.45, 7) is 5.77. The van der Waals surface area contributed by atoms with Crippen LogP contribution < -0.4 is 0 Å². The fraction of sp³-hybridized carbons (Fsp3) is 0.500. The summed E-state index contributed by atoms with van der Waals surface area (Å²) in [5, 5.41) is 0.990. The Balaban J connectivity index is 3.31. The van der Waals surface area contributed by atoms with Crippen molar-refractivity contribution in [3.05, 3.63) is 24.3 Å². The lowest BCUT2D eigenvalue weighted by atomic mass is 10.2. The molecule has 0 atom stereocenters. The molecule has 0 aliphatic heterocycles. The highest BCUT2D eigenvalue weighted by Crippen LogP contribution is 2.01. The molecule has 0 aliphatic carbocycles. The minimum absolute atomic E-state index is 0.990. The third-order valence-electron chi connectivity index (χ3n) is 1.07. The van der Waals surface area contributed by atoms with Crippen molar-refractivity contribution < 1.29 is 0 Å². The minimum atomic E-state index is 0.990. The highest BCUT2D eigenvalue weighted by Gasteiger charge is 1.81. The summed E-state index contributed by atoms with van der Waals surface area (Å²) in [7, 11) is 0. The van der Waals surface area contributed by atoms with Gasteiger partial charge in [-0.3, -0.25) is 0 Å². The average molecular weight is 189 g/mol. The average Bonchev–Trinajstić information content (AvgIpc) is 1.89. The van der Waals surface area contributed by atoms with E-state index < -0.39 is 0 Å². The Bertz CT molecular complexity index is 103. The van der Waals surface area contributed by atoms with Crippen LogP contribution in [0.25, 0.3) is 0 Å². The number of halogens is 1. The van der Waals surface area contributed by atoms with Crippen molar-refractivity contribution in [2.45, 2.75) is 19.8 Å². The van der Waals surface area contributed by atoms with E-state index in [1.54, 1.807) is 0 Å². The van der Waals surface area contributed by atoms with Crippen LogP contribution in [-0.4, -0.2) is 5.33 Å². The van der Waals surface area contributed by atoms with Gasteiger partial charge in [0.15, 0.2) is 0 Å². The molecule has 0 saturated carbocycles. The van der Waals surface area contributed by atoms with E-state index >= 15 is 0 Å². The number of unbranched alkanes of at least 4 members (excludes halogenated alkanes) is 1. The molecule has 0 aromatic carbocycles. The molecular formula is C8H13Br. The maximum Gasteiger partial charge on any atom is 0.0239 e. The van der Waals surface area contributed by atoms with Crippen molar-refractivity contribution in [2.24, 2.45) is 0 Å². The Morgan fingerprint density at radius 2 is 2.22 bits per heavy atom. The van der Waals surface area contributed by atoms with Gasteiger partial charge in [0.05, 0.1) is 0 Å². The van der Waals surface area contributed by atoms with Crippen LogP contribution in [0.3, 0.4) is 0 Å². The van der Waals surface area contributed by atoms with Gasteiger partial charge in [-0.2, -0.15) is 0 Å². The smallest absolute Gasteiger partial charge is 0.0239 e. The van der Waals surface area contributed by atoms with Crippen molar-refractivity contribution in [3.8, 4) is 0 Å². The lowest BCUT2D eigenvalue weighted by Gasteiger charge is -1.90. The fourth-order valence-electron chi connectivity index (χ4n) is 0.502. The van der Waals surface area contributed by atoms with Gasteiger partial charge < -0.3 is 0 Å². The van der Waals surface area contributed by atoms with E-state index in [1.807, 2.05) is 6.08 Å². The quantitative estimate of drug-likeness (QED) is 0.361. The summed E-state index contributed by atoms with van der Waals surface area (Å²) in [5.41, 5.74) is 1.40. The first-order valence-corrected chi connectivity index (χ1v) is 4.26. The van der Waals surface area contributed by atoms with Crippen LogP contribution in [0.2, 0.25) is 0 Å². The monoisotopic (exact) mass is 188 g/mol. The normalized spacial score (nSPS) is 11.6. The lowest BCUT2D eigenvalue weighted by molar-refractivity contribution is 1.04. The van der Waals surface area contributed by atoms with Gasteiger partial charge >= 0.3 is 0 Å². The molecule has 0 aliphatic rings. The Morgan fingerprint density at radius 3 is 2.67 bits per heavy atom. The highest BCUT2D eigenvalue weighted by atomic mass is 79.9. The maximum atomic E-state index is 3.64. The molecule has 0 amide bonds. The van der Waals surface area contributed by atoms with Gasteiger partial charge in [0, 0.05) is 5.33 Å². The molecule has 0 radical (unpaired) electrons. The van der Waals surface area contributed by atoms with Gasteiger partial charge in [-0.05, 0) is 19.8 Å². The Morgan fingerprint density at radius 1 is 1.56 bits per heavy atom. The van der Waals surface area contributed by atoms with E-state index in [1.165, 1.54) is 5.57 Å². The molecular weight excluding hydrogens is 176 g/mol. The third kappa shape index (κ3) is 5.84. The number of rotatable bonds is 4. The number of alkyl halides is 1. The summed E-state index contributed by atoms with van der Waals surface area (Å²) in [5.74, 6) is 0. The lowest BCUT2D eigenvalue weighted by Crippen LogP contribution is -1.74. The molecule has 0 bridgehead atoms. The molecule has 1 heteroatoms. The van der Waals surface area contributed by atoms with E-state index in [9.17, 15) is 0 Å². The van der Waals surface area contributed by atoms with E-state index in [0.717, 1.165) is 18.2 Å². The number of hydrogen-bond acceptors (Lipinski definition) is 0. The molecule has 0 nitrogen and oxygen atoms in total. The molecule has 0 rings (SSSR count). The molecule has 9 heavy (non-hydrogen) atoms. The van der Waals surface area contributed by atoms with Crippen molar-refractivity contribution in [3.63, 3.8) is 0 Å². The second-order valence-corrected chi connectivity index (χ2v) is 2.61. The number of allylic oxidation sites excluding steroid dienone is 3. The van der Waals surface area contributed by atoms with Crippen LogP contribution in [0.5, 0.6) is 0 Å². The van der Waals surface area contributed by atoms with Gasteiger partial charge in [0.1, 0.15) is 0 Å². The number of hydrogen-bond donors (Lipinski definition) is 0. The fourth-order valence-corrected chi connectivity index (χ4v) is 0.731. The first-order chi connectivity index (χ1) is 4.31. The van der Waals surface area contributed by atoms with Crippen molar-refractivity contribution in [2.75, 3.05) is 5.33 Å². The largest absolute Gasteiger partial charge is 0.103 e. The third-order valence-corrected chi connectivity index (χ3v) is 1.96. The zero-order valence-electron chi connectivity index (χ0n) is 5.86. The first-order valence-electron chi connectivity index (χ1n) is 3.13. The SMILES string of the molecule is C=CCC/C=C(/C)CBr.